The van der Waals surface area contributed by atoms with Gasteiger partial charge < -0.3 is 37.9 Å². The smallest absolute Gasteiger partial charge is 0.459 e. The molecule has 0 bridgehead atoms. The standard InChI is InChI=1S/C45H39NO15S2/c47-40(30-13-5-1-6-14-30)56-29-36-37(59-41(48)31-15-7-2-8-16-31)38(60-42(49)32-17-9-3-10-18-32)39(61-43(50)33-19-11-4-12-20-33)44(58-36)54-25-27-62-63-28-26-55-45(51)57-35-23-21-34(22-24-35)46(52)53/h1-24,36-39,44H,25-29H2/t36-,37-,38+,39-,44-/m1/s1. The second kappa shape index (κ2) is 23.5. The molecule has 16 nitrogen and oxygen atoms in total. The molecule has 5 atom stereocenters. The van der Waals surface area contributed by atoms with E-state index in [-0.39, 0.29) is 46.9 Å². The number of nitro groups is 1. The van der Waals surface area contributed by atoms with Gasteiger partial charge in [0, 0.05) is 23.6 Å². The molecule has 63 heavy (non-hydrogen) atoms. The first-order valence-corrected chi connectivity index (χ1v) is 21.8. The van der Waals surface area contributed by atoms with Crippen molar-refractivity contribution in [3.63, 3.8) is 0 Å². The summed E-state index contributed by atoms with van der Waals surface area (Å²) in [4.78, 5) is 76.7. The van der Waals surface area contributed by atoms with E-state index in [0.29, 0.717) is 11.5 Å². The molecular formula is C45H39NO15S2. The molecule has 5 aromatic carbocycles. The highest BCUT2D eigenvalue weighted by Crippen LogP contribution is 2.32. The Morgan fingerprint density at radius 1 is 0.540 bits per heavy atom. The Kier molecular flexibility index (Phi) is 17.1. The van der Waals surface area contributed by atoms with Crippen LogP contribution in [-0.4, -0.2) is 97.0 Å². The maximum atomic E-state index is 13.8. The summed E-state index contributed by atoms with van der Waals surface area (Å²) in [6.45, 7) is -0.542. The molecular weight excluding hydrogens is 859 g/mol. The normalized spacial score (nSPS) is 17.9. The SMILES string of the molecule is O=C(OCCSSCCO[C@@H]1O[C@H](COC(=O)c2ccccc2)[C@@H](OC(=O)c2ccccc2)[C@H](OC(=O)c2ccccc2)[C@H]1OC(=O)c1ccccc1)Oc1ccc([N+](=O)[O-])cc1. The van der Waals surface area contributed by atoms with Crippen LogP contribution in [0.4, 0.5) is 10.5 Å². The first-order chi connectivity index (χ1) is 30.7. The Bertz CT molecular complexity index is 2290. The quantitative estimate of drug-likeness (QED) is 0.0148. The fraction of sp³-hybridized carbons (Fsp3) is 0.222. The minimum atomic E-state index is -1.57. The summed E-state index contributed by atoms with van der Waals surface area (Å²) in [7, 11) is 2.69. The Morgan fingerprint density at radius 2 is 0.984 bits per heavy atom. The van der Waals surface area contributed by atoms with E-state index in [2.05, 4.69) is 0 Å². The summed E-state index contributed by atoms with van der Waals surface area (Å²) in [5.41, 5.74) is 0.541. The van der Waals surface area contributed by atoms with Crippen molar-refractivity contribution in [1.29, 1.82) is 0 Å². The van der Waals surface area contributed by atoms with Crippen molar-refractivity contribution in [2.45, 2.75) is 30.7 Å². The molecule has 1 aliphatic heterocycles. The molecule has 5 aromatic rings. The molecule has 1 saturated heterocycles. The van der Waals surface area contributed by atoms with Gasteiger partial charge in [-0.1, -0.05) is 94.4 Å². The average Bonchev–Trinajstić information content (AvgIpc) is 3.31. The Labute approximate surface area is 368 Å². The zero-order valence-corrected chi connectivity index (χ0v) is 34.8. The van der Waals surface area contributed by atoms with E-state index < -0.39 is 72.3 Å². The summed E-state index contributed by atoms with van der Waals surface area (Å²) >= 11 is 0. The van der Waals surface area contributed by atoms with Gasteiger partial charge in [0.05, 0.1) is 33.8 Å². The molecule has 6 rings (SSSR count). The molecule has 0 saturated carbocycles. The molecule has 326 valence electrons. The van der Waals surface area contributed by atoms with Crippen LogP contribution in [0.1, 0.15) is 41.4 Å². The van der Waals surface area contributed by atoms with Crippen molar-refractivity contribution in [3.05, 3.63) is 178 Å². The highest BCUT2D eigenvalue weighted by molar-refractivity contribution is 8.76. The number of nitrogens with zero attached hydrogens (tertiary/aromatic N) is 1. The number of hydrogen-bond acceptors (Lipinski definition) is 17. The molecule has 18 heteroatoms. The Morgan fingerprint density at radius 3 is 1.48 bits per heavy atom. The number of hydrogen-bond donors (Lipinski definition) is 0. The fourth-order valence-electron chi connectivity index (χ4n) is 5.90. The minimum absolute atomic E-state index is 0.0187. The van der Waals surface area contributed by atoms with Crippen molar-refractivity contribution in [2.75, 3.05) is 31.3 Å². The molecule has 1 heterocycles. The molecule has 0 spiro atoms. The van der Waals surface area contributed by atoms with Crippen molar-refractivity contribution in [1.82, 2.24) is 0 Å². The highest BCUT2D eigenvalue weighted by atomic mass is 33.1. The monoisotopic (exact) mass is 897 g/mol. The van der Waals surface area contributed by atoms with Crippen molar-refractivity contribution < 1.29 is 66.8 Å². The van der Waals surface area contributed by atoms with Gasteiger partial charge in [-0.25, -0.2) is 24.0 Å². The van der Waals surface area contributed by atoms with E-state index in [1.165, 1.54) is 82.3 Å². The van der Waals surface area contributed by atoms with Gasteiger partial charge in [0.1, 0.15) is 25.1 Å². The second-order valence-electron chi connectivity index (χ2n) is 13.2. The van der Waals surface area contributed by atoms with Gasteiger partial charge in [0.25, 0.3) is 5.69 Å². The zero-order chi connectivity index (χ0) is 44.4. The van der Waals surface area contributed by atoms with Gasteiger partial charge in [0.2, 0.25) is 0 Å². The van der Waals surface area contributed by atoms with Gasteiger partial charge in [0.15, 0.2) is 24.6 Å². The van der Waals surface area contributed by atoms with Gasteiger partial charge >= 0.3 is 30.0 Å². The van der Waals surface area contributed by atoms with Crippen LogP contribution < -0.4 is 4.74 Å². The van der Waals surface area contributed by atoms with Gasteiger partial charge in [-0.2, -0.15) is 0 Å². The molecule has 0 radical (unpaired) electrons. The van der Waals surface area contributed by atoms with Gasteiger partial charge in [-0.05, 0) is 60.7 Å². The van der Waals surface area contributed by atoms with Crippen LogP contribution >= 0.6 is 21.6 Å². The minimum Gasteiger partial charge on any atom is -0.459 e. The van der Waals surface area contributed by atoms with Crippen LogP contribution in [0.3, 0.4) is 0 Å². The number of nitro benzene ring substituents is 1. The third-order valence-electron chi connectivity index (χ3n) is 8.90. The number of ether oxygens (including phenoxy) is 8. The highest BCUT2D eigenvalue weighted by Gasteiger charge is 2.53. The lowest BCUT2D eigenvalue weighted by Gasteiger charge is -2.44. The maximum Gasteiger partial charge on any atom is 0.513 e. The summed E-state index contributed by atoms with van der Waals surface area (Å²) < 4.78 is 46.5. The van der Waals surface area contributed by atoms with Crippen molar-refractivity contribution in [3.8, 4) is 5.75 Å². The van der Waals surface area contributed by atoms with Gasteiger partial charge in [-0.15, -0.1) is 0 Å². The largest absolute Gasteiger partial charge is 0.513 e. The number of rotatable bonds is 19. The van der Waals surface area contributed by atoms with E-state index in [4.69, 9.17) is 37.9 Å². The van der Waals surface area contributed by atoms with E-state index in [9.17, 15) is 34.1 Å². The Hall–Kier alpha value is -6.73. The number of non-ortho nitro benzene ring substituents is 1. The van der Waals surface area contributed by atoms with Crippen LogP contribution in [0, 0.1) is 10.1 Å². The van der Waals surface area contributed by atoms with Crippen LogP contribution in [0.25, 0.3) is 0 Å². The van der Waals surface area contributed by atoms with E-state index in [1.54, 1.807) is 84.9 Å². The number of carbonyl (C=O) groups excluding carboxylic acids is 5. The molecule has 1 fully saturated rings. The summed E-state index contributed by atoms with van der Waals surface area (Å²) in [6, 6.07) is 37.2. The van der Waals surface area contributed by atoms with Crippen LogP contribution in [0.5, 0.6) is 5.75 Å². The maximum absolute atomic E-state index is 13.8. The second-order valence-corrected chi connectivity index (χ2v) is 15.9. The average molecular weight is 898 g/mol. The third kappa shape index (κ3) is 13.6. The van der Waals surface area contributed by atoms with E-state index in [0.717, 1.165) is 0 Å². The molecule has 0 amide bonds. The van der Waals surface area contributed by atoms with Crippen molar-refractivity contribution in [2.24, 2.45) is 0 Å². The summed E-state index contributed by atoms with van der Waals surface area (Å²) in [5.74, 6) is -2.45. The van der Waals surface area contributed by atoms with E-state index >= 15 is 0 Å². The van der Waals surface area contributed by atoms with Crippen LogP contribution in [-0.2, 0) is 33.2 Å². The van der Waals surface area contributed by atoms with E-state index in [1.807, 2.05) is 0 Å². The predicted molar refractivity (Wildman–Crippen MR) is 228 cm³/mol. The molecule has 0 N–H and O–H groups in total. The zero-order valence-electron chi connectivity index (χ0n) is 33.2. The first-order valence-electron chi connectivity index (χ1n) is 19.3. The summed E-state index contributed by atoms with van der Waals surface area (Å²) in [5, 5.41) is 10.9. The fourth-order valence-corrected chi connectivity index (χ4v) is 7.56. The number of carbonyl (C=O) groups is 5. The molecule has 0 unspecified atom stereocenters. The molecule has 0 aromatic heterocycles. The van der Waals surface area contributed by atoms with Crippen LogP contribution in [0.15, 0.2) is 146 Å². The Balaban J connectivity index is 1.19. The lowest BCUT2D eigenvalue weighted by molar-refractivity contribution is -0.384. The van der Waals surface area contributed by atoms with Crippen molar-refractivity contribution >= 4 is 57.3 Å². The van der Waals surface area contributed by atoms with Crippen LogP contribution in [0.2, 0.25) is 0 Å². The number of esters is 4. The van der Waals surface area contributed by atoms with Gasteiger partial charge in [-0.3, -0.25) is 10.1 Å². The lowest BCUT2D eigenvalue weighted by atomic mass is 9.97. The first kappa shape index (κ1) is 45.8. The molecule has 0 aliphatic carbocycles. The molecule has 1 aliphatic rings. The predicted octanol–water partition coefficient (Wildman–Crippen LogP) is 7.77. The third-order valence-corrected chi connectivity index (χ3v) is 11.2. The summed E-state index contributed by atoms with van der Waals surface area (Å²) in [6.07, 6.45) is -8.38. The lowest BCUT2D eigenvalue weighted by Crippen LogP contribution is -2.63. The number of benzene rings is 5. The topological polar surface area (TPSA) is 202 Å².